The van der Waals surface area contributed by atoms with E-state index in [1.165, 1.54) is 6.26 Å². The van der Waals surface area contributed by atoms with Crippen molar-refractivity contribution in [3.63, 3.8) is 0 Å². The molecule has 12 heavy (non-hydrogen) atoms. The Balaban J connectivity index is 2.93. The van der Waals surface area contributed by atoms with Crippen LogP contribution in [0.4, 0.5) is 0 Å². The summed E-state index contributed by atoms with van der Waals surface area (Å²) in [5.41, 5.74) is 1.87. The van der Waals surface area contributed by atoms with Crippen LogP contribution in [0.2, 0.25) is 0 Å². The standard InChI is InChI=1S/C10H12O2/c1-7(2)6-9(11)10-8(3)4-5-12-10/h4-6H,1-3H3. The van der Waals surface area contributed by atoms with E-state index in [0.717, 1.165) is 11.1 Å². The monoisotopic (exact) mass is 164 g/mol. The molecule has 64 valence electrons. The first-order valence-corrected chi connectivity index (χ1v) is 3.84. The van der Waals surface area contributed by atoms with Crippen molar-refractivity contribution in [1.82, 2.24) is 0 Å². The molecule has 0 aliphatic rings. The summed E-state index contributed by atoms with van der Waals surface area (Å²) in [4.78, 5) is 11.4. The average molecular weight is 164 g/mol. The zero-order chi connectivity index (χ0) is 9.14. The fraction of sp³-hybridized carbons (Fsp3) is 0.300. The van der Waals surface area contributed by atoms with E-state index in [2.05, 4.69) is 0 Å². The Hall–Kier alpha value is -1.31. The predicted octanol–water partition coefficient (Wildman–Crippen LogP) is 2.74. The third-order valence-electron chi connectivity index (χ3n) is 1.51. The van der Waals surface area contributed by atoms with Crippen molar-refractivity contribution in [2.75, 3.05) is 0 Å². The van der Waals surface area contributed by atoms with Crippen LogP contribution in [0.5, 0.6) is 0 Å². The molecule has 0 N–H and O–H groups in total. The molecule has 2 nitrogen and oxygen atoms in total. The van der Waals surface area contributed by atoms with Gasteiger partial charge in [-0.3, -0.25) is 4.79 Å². The number of hydrogen-bond donors (Lipinski definition) is 0. The Bertz CT molecular complexity index is 314. The number of allylic oxidation sites excluding steroid dienone is 2. The first-order chi connectivity index (χ1) is 5.61. The molecule has 0 aliphatic carbocycles. The summed E-state index contributed by atoms with van der Waals surface area (Å²) in [5.74, 6) is 0.383. The Morgan fingerprint density at radius 2 is 2.17 bits per heavy atom. The highest BCUT2D eigenvalue weighted by molar-refractivity contribution is 6.03. The average Bonchev–Trinajstić information content (AvgIpc) is 2.33. The zero-order valence-corrected chi connectivity index (χ0v) is 7.55. The molecular weight excluding hydrogens is 152 g/mol. The van der Waals surface area contributed by atoms with Crippen molar-refractivity contribution in [1.29, 1.82) is 0 Å². The van der Waals surface area contributed by atoms with Gasteiger partial charge in [0.25, 0.3) is 0 Å². The van der Waals surface area contributed by atoms with Crippen molar-refractivity contribution < 1.29 is 9.21 Å². The normalized spacial score (nSPS) is 9.58. The highest BCUT2D eigenvalue weighted by atomic mass is 16.3. The molecule has 0 spiro atoms. The topological polar surface area (TPSA) is 30.2 Å². The van der Waals surface area contributed by atoms with Gasteiger partial charge in [0.2, 0.25) is 5.78 Å². The number of furan rings is 1. The van der Waals surface area contributed by atoms with E-state index in [1.54, 1.807) is 12.1 Å². The molecule has 1 aromatic rings. The lowest BCUT2D eigenvalue weighted by Gasteiger charge is -1.92. The van der Waals surface area contributed by atoms with Gasteiger partial charge in [-0.25, -0.2) is 0 Å². The molecule has 1 heterocycles. The molecule has 0 bridgehead atoms. The molecule has 0 aliphatic heterocycles. The minimum absolute atomic E-state index is 0.0579. The number of rotatable bonds is 2. The van der Waals surface area contributed by atoms with E-state index in [4.69, 9.17) is 4.42 Å². The number of ketones is 1. The van der Waals surface area contributed by atoms with Crippen LogP contribution in [0.3, 0.4) is 0 Å². The Morgan fingerprint density at radius 3 is 2.58 bits per heavy atom. The molecule has 0 saturated heterocycles. The van der Waals surface area contributed by atoms with Crippen molar-refractivity contribution in [2.45, 2.75) is 20.8 Å². The van der Waals surface area contributed by atoms with Crippen LogP contribution in [0, 0.1) is 6.92 Å². The quantitative estimate of drug-likeness (QED) is 0.497. The summed E-state index contributed by atoms with van der Waals surface area (Å²) in [5, 5.41) is 0. The van der Waals surface area contributed by atoms with Crippen molar-refractivity contribution >= 4 is 5.78 Å². The lowest BCUT2D eigenvalue weighted by Crippen LogP contribution is -1.94. The molecule has 2 heteroatoms. The van der Waals surface area contributed by atoms with E-state index < -0.39 is 0 Å². The molecule has 0 aromatic carbocycles. The Morgan fingerprint density at radius 1 is 1.50 bits per heavy atom. The van der Waals surface area contributed by atoms with E-state index in [0.29, 0.717) is 5.76 Å². The van der Waals surface area contributed by atoms with Gasteiger partial charge in [0.05, 0.1) is 6.26 Å². The number of aryl methyl sites for hydroxylation is 1. The SMILES string of the molecule is CC(C)=CC(=O)c1occc1C. The molecule has 0 atom stereocenters. The minimum Gasteiger partial charge on any atom is -0.461 e. The number of carbonyl (C=O) groups excluding carboxylic acids is 1. The summed E-state index contributed by atoms with van der Waals surface area (Å²) in [6.07, 6.45) is 3.10. The predicted molar refractivity (Wildman–Crippen MR) is 47.2 cm³/mol. The van der Waals surface area contributed by atoms with Gasteiger partial charge >= 0.3 is 0 Å². The van der Waals surface area contributed by atoms with Gasteiger partial charge in [0.1, 0.15) is 0 Å². The minimum atomic E-state index is -0.0579. The van der Waals surface area contributed by atoms with Gasteiger partial charge < -0.3 is 4.42 Å². The fourth-order valence-electron chi connectivity index (χ4n) is 0.953. The van der Waals surface area contributed by atoms with E-state index in [9.17, 15) is 4.79 Å². The largest absolute Gasteiger partial charge is 0.461 e. The number of hydrogen-bond acceptors (Lipinski definition) is 2. The van der Waals surface area contributed by atoms with Gasteiger partial charge in [-0.05, 0) is 38.5 Å². The third-order valence-corrected chi connectivity index (χ3v) is 1.51. The number of carbonyl (C=O) groups is 1. The molecule has 1 aromatic heterocycles. The van der Waals surface area contributed by atoms with Crippen molar-refractivity contribution in [3.05, 3.63) is 35.3 Å². The third kappa shape index (κ3) is 1.84. The maximum Gasteiger partial charge on any atom is 0.221 e. The second-order valence-electron chi connectivity index (χ2n) is 3.02. The van der Waals surface area contributed by atoms with E-state index >= 15 is 0 Å². The Kier molecular flexibility index (Phi) is 2.48. The summed E-state index contributed by atoms with van der Waals surface area (Å²) < 4.78 is 5.03. The summed E-state index contributed by atoms with van der Waals surface area (Å²) in [7, 11) is 0. The van der Waals surface area contributed by atoms with Gasteiger partial charge in [-0.15, -0.1) is 0 Å². The Labute approximate surface area is 71.9 Å². The zero-order valence-electron chi connectivity index (χ0n) is 7.55. The van der Waals surface area contributed by atoms with Crippen LogP contribution in [-0.4, -0.2) is 5.78 Å². The lowest BCUT2D eigenvalue weighted by molar-refractivity contribution is 0.102. The van der Waals surface area contributed by atoms with Gasteiger partial charge in [0.15, 0.2) is 5.76 Å². The van der Waals surface area contributed by atoms with Gasteiger partial charge in [-0.2, -0.15) is 0 Å². The molecule has 0 fully saturated rings. The summed E-state index contributed by atoms with van der Waals surface area (Å²) in [6, 6.07) is 1.78. The van der Waals surface area contributed by atoms with E-state index in [1.807, 2.05) is 20.8 Å². The molecule has 1 rings (SSSR count). The first-order valence-electron chi connectivity index (χ1n) is 3.84. The lowest BCUT2D eigenvalue weighted by atomic mass is 10.1. The molecular formula is C10H12O2. The maximum absolute atomic E-state index is 11.4. The van der Waals surface area contributed by atoms with Crippen LogP contribution in [-0.2, 0) is 0 Å². The van der Waals surface area contributed by atoms with Gasteiger partial charge in [-0.1, -0.05) is 5.57 Å². The van der Waals surface area contributed by atoms with Crippen LogP contribution < -0.4 is 0 Å². The van der Waals surface area contributed by atoms with Gasteiger partial charge in [0, 0.05) is 0 Å². The highest BCUT2D eigenvalue weighted by Crippen LogP contribution is 2.10. The second kappa shape index (κ2) is 3.39. The smallest absolute Gasteiger partial charge is 0.221 e. The molecule has 0 saturated carbocycles. The summed E-state index contributed by atoms with van der Waals surface area (Å²) >= 11 is 0. The first kappa shape index (κ1) is 8.78. The van der Waals surface area contributed by atoms with Crippen LogP contribution in [0.1, 0.15) is 30.0 Å². The van der Waals surface area contributed by atoms with Crippen molar-refractivity contribution in [2.24, 2.45) is 0 Å². The highest BCUT2D eigenvalue weighted by Gasteiger charge is 2.08. The molecule has 0 radical (unpaired) electrons. The molecule has 0 unspecified atom stereocenters. The summed E-state index contributed by atoms with van der Waals surface area (Å²) in [6.45, 7) is 5.63. The molecule has 0 amide bonds. The second-order valence-corrected chi connectivity index (χ2v) is 3.02. The maximum atomic E-state index is 11.4. The van der Waals surface area contributed by atoms with Crippen LogP contribution in [0.15, 0.2) is 28.4 Å². The fourth-order valence-corrected chi connectivity index (χ4v) is 0.953. The van der Waals surface area contributed by atoms with Crippen molar-refractivity contribution in [3.8, 4) is 0 Å². The van der Waals surface area contributed by atoms with E-state index in [-0.39, 0.29) is 5.78 Å². The van der Waals surface area contributed by atoms with Crippen LogP contribution >= 0.6 is 0 Å². The van der Waals surface area contributed by atoms with Crippen LogP contribution in [0.25, 0.3) is 0 Å².